The number of rotatable bonds is 6. The molecular formula is C17H21FN4OS. The zero-order chi connectivity index (χ0) is 16.9. The van der Waals surface area contributed by atoms with Gasteiger partial charge in [-0.15, -0.1) is 11.3 Å². The third kappa shape index (κ3) is 4.17. The van der Waals surface area contributed by atoms with Gasteiger partial charge in [-0.3, -0.25) is 10.2 Å². The maximum absolute atomic E-state index is 13.1. The van der Waals surface area contributed by atoms with Crippen LogP contribution < -0.4 is 16.2 Å². The van der Waals surface area contributed by atoms with Gasteiger partial charge in [0.1, 0.15) is 5.82 Å². The lowest BCUT2D eigenvalue weighted by Gasteiger charge is -2.19. The molecular weight excluding hydrogens is 327 g/mol. The van der Waals surface area contributed by atoms with Crippen LogP contribution in [-0.4, -0.2) is 24.0 Å². The first-order chi connectivity index (χ1) is 11.6. The molecule has 1 aliphatic heterocycles. The van der Waals surface area contributed by atoms with Crippen molar-refractivity contribution in [3.8, 4) is 0 Å². The van der Waals surface area contributed by atoms with Crippen LogP contribution in [0.25, 0.3) is 0 Å². The van der Waals surface area contributed by atoms with Gasteiger partial charge in [-0.1, -0.05) is 12.1 Å². The van der Waals surface area contributed by atoms with Crippen LogP contribution in [0.1, 0.15) is 28.6 Å². The van der Waals surface area contributed by atoms with Gasteiger partial charge in [-0.2, -0.15) is 0 Å². The van der Waals surface area contributed by atoms with E-state index >= 15 is 0 Å². The van der Waals surface area contributed by atoms with Crippen molar-refractivity contribution in [1.29, 1.82) is 0 Å². The van der Waals surface area contributed by atoms with Crippen molar-refractivity contribution in [3.63, 3.8) is 0 Å². The number of nitrogens with zero attached hydrogens (tertiary/aromatic N) is 1. The Labute approximate surface area is 144 Å². The van der Waals surface area contributed by atoms with Crippen molar-refractivity contribution in [2.75, 3.05) is 13.1 Å². The summed E-state index contributed by atoms with van der Waals surface area (Å²) in [6.07, 6.45) is 1.20. The number of halogens is 1. The molecule has 7 heteroatoms. The molecule has 2 atom stereocenters. The van der Waals surface area contributed by atoms with Crippen LogP contribution in [0.2, 0.25) is 0 Å². The summed E-state index contributed by atoms with van der Waals surface area (Å²) in [5, 5.41) is 3.01. The first-order valence-corrected chi connectivity index (χ1v) is 8.91. The summed E-state index contributed by atoms with van der Waals surface area (Å²) in [7, 11) is 0. The molecule has 1 aliphatic rings. The smallest absolute Gasteiger partial charge is 0.220 e. The molecule has 2 heterocycles. The van der Waals surface area contributed by atoms with Gasteiger partial charge >= 0.3 is 0 Å². The van der Waals surface area contributed by atoms with Crippen LogP contribution in [0.4, 0.5) is 4.39 Å². The fourth-order valence-corrected chi connectivity index (χ4v) is 3.66. The zero-order valence-corrected chi connectivity index (χ0v) is 14.3. The number of nitrogens with one attached hydrogen (secondary N) is 3. The number of thiazole rings is 1. The average molecular weight is 348 g/mol. The van der Waals surface area contributed by atoms with E-state index in [4.69, 9.17) is 0 Å². The first-order valence-electron chi connectivity index (χ1n) is 8.03. The standard InChI is InChI=1S/C17H21FN4OS/c1-11-15(24-10-20-11)6-7-16(23)19-8-13-9-21-22-17(13)12-2-4-14(18)5-3-12/h2-5,10,13,17,21-22H,6-9H2,1H3,(H,19,23). The Kier molecular flexibility index (Phi) is 5.55. The van der Waals surface area contributed by atoms with E-state index in [1.54, 1.807) is 23.5 Å². The first kappa shape index (κ1) is 17.0. The molecule has 1 amide bonds. The molecule has 128 valence electrons. The lowest BCUT2D eigenvalue weighted by atomic mass is 9.95. The molecule has 24 heavy (non-hydrogen) atoms. The Bertz CT molecular complexity index is 688. The van der Waals surface area contributed by atoms with Crippen LogP contribution in [0, 0.1) is 18.7 Å². The van der Waals surface area contributed by atoms with Crippen molar-refractivity contribution in [3.05, 3.63) is 51.7 Å². The number of aryl methyl sites for hydroxylation is 2. The van der Waals surface area contributed by atoms with Crippen molar-refractivity contribution in [2.45, 2.75) is 25.8 Å². The Morgan fingerprint density at radius 2 is 2.21 bits per heavy atom. The number of hydrogen-bond acceptors (Lipinski definition) is 5. The van der Waals surface area contributed by atoms with E-state index in [0.29, 0.717) is 13.0 Å². The van der Waals surface area contributed by atoms with Gasteiger partial charge in [0.05, 0.1) is 17.2 Å². The Morgan fingerprint density at radius 3 is 2.92 bits per heavy atom. The number of benzene rings is 1. The second kappa shape index (κ2) is 7.83. The van der Waals surface area contributed by atoms with E-state index in [1.165, 1.54) is 17.0 Å². The van der Waals surface area contributed by atoms with Gasteiger partial charge in [0.15, 0.2) is 0 Å². The number of aromatic nitrogens is 1. The zero-order valence-electron chi connectivity index (χ0n) is 13.5. The molecule has 3 rings (SSSR count). The van der Waals surface area contributed by atoms with Gasteiger partial charge in [0.25, 0.3) is 0 Å². The van der Waals surface area contributed by atoms with Gasteiger partial charge in [-0.25, -0.2) is 14.8 Å². The minimum atomic E-state index is -0.243. The molecule has 1 fully saturated rings. The second-order valence-corrected chi connectivity index (χ2v) is 6.92. The minimum Gasteiger partial charge on any atom is -0.356 e. The fraction of sp³-hybridized carbons (Fsp3) is 0.412. The van der Waals surface area contributed by atoms with Crippen molar-refractivity contribution < 1.29 is 9.18 Å². The Hall–Kier alpha value is -1.83. The van der Waals surface area contributed by atoms with E-state index in [1.807, 2.05) is 12.4 Å². The van der Waals surface area contributed by atoms with Crippen LogP contribution in [-0.2, 0) is 11.2 Å². The van der Waals surface area contributed by atoms with Gasteiger partial charge in [-0.05, 0) is 31.0 Å². The minimum absolute atomic E-state index is 0.0487. The number of amides is 1. The van der Waals surface area contributed by atoms with E-state index in [-0.39, 0.29) is 23.7 Å². The summed E-state index contributed by atoms with van der Waals surface area (Å²) < 4.78 is 13.1. The number of carbonyl (C=O) groups excluding carboxylic acids is 1. The molecule has 1 aromatic heterocycles. The summed E-state index contributed by atoms with van der Waals surface area (Å²) in [5.74, 6) is 0.0324. The summed E-state index contributed by atoms with van der Waals surface area (Å²) >= 11 is 1.59. The Balaban J connectivity index is 1.49. The average Bonchev–Trinajstić information content (AvgIpc) is 3.20. The summed E-state index contributed by atoms with van der Waals surface area (Å²) in [4.78, 5) is 17.4. The molecule has 1 aromatic carbocycles. The highest BCUT2D eigenvalue weighted by Crippen LogP contribution is 2.24. The maximum Gasteiger partial charge on any atom is 0.220 e. The number of hydrazine groups is 1. The maximum atomic E-state index is 13.1. The SMILES string of the molecule is Cc1ncsc1CCC(=O)NCC1CNNC1c1ccc(F)cc1. The summed E-state index contributed by atoms with van der Waals surface area (Å²) in [6.45, 7) is 3.31. The highest BCUT2D eigenvalue weighted by Gasteiger charge is 2.28. The predicted octanol–water partition coefficient (Wildman–Crippen LogP) is 2.10. The third-order valence-electron chi connectivity index (χ3n) is 4.31. The summed E-state index contributed by atoms with van der Waals surface area (Å²) in [5.41, 5.74) is 10.2. The molecule has 5 nitrogen and oxygen atoms in total. The van der Waals surface area contributed by atoms with E-state index in [2.05, 4.69) is 21.2 Å². The molecule has 0 bridgehead atoms. The highest BCUT2D eigenvalue weighted by molar-refractivity contribution is 7.09. The third-order valence-corrected chi connectivity index (χ3v) is 5.30. The van der Waals surface area contributed by atoms with Gasteiger partial charge < -0.3 is 5.32 Å². The molecule has 0 aliphatic carbocycles. The van der Waals surface area contributed by atoms with Crippen LogP contribution >= 0.6 is 11.3 Å². The fourth-order valence-electron chi connectivity index (χ4n) is 2.88. The quantitative estimate of drug-likeness (QED) is 0.748. The van der Waals surface area contributed by atoms with Gasteiger partial charge in [0.2, 0.25) is 5.91 Å². The largest absolute Gasteiger partial charge is 0.356 e. The molecule has 0 saturated carbocycles. The van der Waals surface area contributed by atoms with Crippen LogP contribution in [0.5, 0.6) is 0 Å². The lowest BCUT2D eigenvalue weighted by Crippen LogP contribution is -2.32. The molecule has 3 N–H and O–H groups in total. The monoisotopic (exact) mass is 348 g/mol. The molecule has 2 aromatic rings. The van der Waals surface area contributed by atoms with Crippen molar-refractivity contribution in [2.24, 2.45) is 5.92 Å². The normalized spacial score (nSPS) is 20.2. The molecule has 1 saturated heterocycles. The second-order valence-electron chi connectivity index (χ2n) is 5.98. The molecule has 2 unspecified atom stereocenters. The van der Waals surface area contributed by atoms with Crippen molar-refractivity contribution >= 4 is 17.2 Å². The lowest BCUT2D eigenvalue weighted by molar-refractivity contribution is -0.121. The molecule has 0 spiro atoms. The van der Waals surface area contributed by atoms with Crippen molar-refractivity contribution in [1.82, 2.24) is 21.2 Å². The van der Waals surface area contributed by atoms with Crippen LogP contribution in [0.15, 0.2) is 29.8 Å². The van der Waals surface area contributed by atoms with Gasteiger partial charge in [0, 0.05) is 30.3 Å². The van der Waals surface area contributed by atoms with E-state index < -0.39 is 0 Å². The number of carbonyl (C=O) groups is 1. The van der Waals surface area contributed by atoms with E-state index in [0.717, 1.165) is 24.2 Å². The number of hydrogen-bond donors (Lipinski definition) is 3. The van der Waals surface area contributed by atoms with Crippen LogP contribution in [0.3, 0.4) is 0 Å². The highest BCUT2D eigenvalue weighted by atomic mass is 32.1. The summed E-state index contributed by atoms with van der Waals surface area (Å²) in [6, 6.07) is 6.54. The Morgan fingerprint density at radius 1 is 1.42 bits per heavy atom. The predicted molar refractivity (Wildman–Crippen MR) is 92.0 cm³/mol. The molecule has 0 radical (unpaired) electrons. The topological polar surface area (TPSA) is 66.0 Å². The van der Waals surface area contributed by atoms with E-state index in [9.17, 15) is 9.18 Å².